The highest BCUT2D eigenvalue weighted by atomic mass is 35.5. The molecule has 0 spiro atoms. The topological polar surface area (TPSA) is 156 Å². The van der Waals surface area contributed by atoms with Gasteiger partial charge in [0.05, 0.1) is 13.3 Å². The van der Waals surface area contributed by atoms with E-state index >= 15 is 0 Å². The molecule has 3 N–H and O–H groups in total. The van der Waals surface area contributed by atoms with Crippen LogP contribution in [0.4, 0.5) is 5.82 Å². The second-order valence-corrected chi connectivity index (χ2v) is 8.43. The number of aromatic nitrogens is 5. The Balaban J connectivity index is 1.37. The number of ether oxygens (including phenoxy) is 2. The lowest BCUT2D eigenvalue weighted by molar-refractivity contribution is 0.0947. The highest BCUT2D eigenvalue weighted by Gasteiger charge is 2.25. The van der Waals surface area contributed by atoms with Gasteiger partial charge in [0.25, 0.3) is 5.91 Å². The molecule has 0 fully saturated rings. The lowest BCUT2D eigenvalue weighted by Gasteiger charge is -2.12. The van der Waals surface area contributed by atoms with Crippen LogP contribution in [0, 0.1) is 0 Å². The van der Waals surface area contributed by atoms with Crippen molar-refractivity contribution in [2.45, 2.75) is 6.61 Å². The third-order valence-electron chi connectivity index (χ3n) is 5.54. The first kappa shape index (κ1) is 25.4. The van der Waals surface area contributed by atoms with E-state index < -0.39 is 5.91 Å². The fourth-order valence-corrected chi connectivity index (χ4v) is 3.83. The molecule has 2 heterocycles. The molecule has 12 nitrogen and oxygen atoms in total. The maximum atomic E-state index is 13.3. The maximum Gasteiger partial charge on any atom is 0.292 e. The van der Waals surface area contributed by atoms with E-state index in [2.05, 4.69) is 35.8 Å². The van der Waals surface area contributed by atoms with Crippen molar-refractivity contribution in [1.29, 1.82) is 0 Å². The Kier molecular flexibility index (Phi) is 7.46. The van der Waals surface area contributed by atoms with Crippen LogP contribution in [0.3, 0.4) is 0 Å². The number of benzene rings is 3. The molecular formula is C26H21ClN8O4. The quantitative estimate of drug-likeness (QED) is 0.207. The highest BCUT2D eigenvalue weighted by molar-refractivity contribution is 6.31. The number of rotatable bonds is 9. The summed E-state index contributed by atoms with van der Waals surface area (Å²) in [6.45, 7) is 0.243. The zero-order valence-electron chi connectivity index (χ0n) is 20.5. The van der Waals surface area contributed by atoms with Gasteiger partial charge in [-0.3, -0.25) is 4.79 Å². The molecule has 3 aromatic carbocycles. The van der Waals surface area contributed by atoms with Crippen molar-refractivity contribution in [1.82, 2.24) is 30.7 Å². The van der Waals surface area contributed by atoms with E-state index in [1.165, 1.54) is 6.21 Å². The third-order valence-corrected chi connectivity index (χ3v) is 5.91. The zero-order chi connectivity index (χ0) is 27.2. The molecule has 0 radical (unpaired) electrons. The molecule has 13 heteroatoms. The average molecular weight is 545 g/mol. The summed E-state index contributed by atoms with van der Waals surface area (Å²) >= 11 is 6.24. The number of carbonyl (C=O) groups is 1. The van der Waals surface area contributed by atoms with Gasteiger partial charge in [-0.1, -0.05) is 65.3 Å². The van der Waals surface area contributed by atoms with Gasteiger partial charge in [-0.05, 0) is 40.1 Å². The van der Waals surface area contributed by atoms with Crippen molar-refractivity contribution in [3.63, 3.8) is 0 Å². The van der Waals surface area contributed by atoms with Crippen LogP contribution >= 0.6 is 11.6 Å². The minimum absolute atomic E-state index is 0.0225. The number of hydrazone groups is 1. The van der Waals surface area contributed by atoms with Crippen molar-refractivity contribution >= 4 is 29.5 Å². The van der Waals surface area contributed by atoms with E-state index in [1.54, 1.807) is 43.5 Å². The summed E-state index contributed by atoms with van der Waals surface area (Å²) < 4.78 is 17.2. The van der Waals surface area contributed by atoms with Gasteiger partial charge in [0.15, 0.2) is 17.2 Å². The number of nitrogens with zero attached hydrogens (tertiary/aromatic N) is 6. The molecule has 0 unspecified atom stereocenters. The van der Waals surface area contributed by atoms with E-state index in [0.29, 0.717) is 33.3 Å². The molecule has 0 aliphatic heterocycles. The monoisotopic (exact) mass is 544 g/mol. The molecule has 0 saturated carbocycles. The number of methoxy groups -OCH3 is 1. The summed E-state index contributed by atoms with van der Waals surface area (Å²) in [6.07, 6.45) is 1.46. The summed E-state index contributed by atoms with van der Waals surface area (Å²) in [5, 5.41) is 20.2. The lowest BCUT2D eigenvalue weighted by atomic mass is 10.1. The second-order valence-electron chi connectivity index (χ2n) is 8.03. The van der Waals surface area contributed by atoms with Crippen molar-refractivity contribution in [2.24, 2.45) is 5.10 Å². The second kappa shape index (κ2) is 11.4. The van der Waals surface area contributed by atoms with Crippen molar-refractivity contribution in [3.05, 3.63) is 94.6 Å². The Morgan fingerprint density at radius 2 is 1.90 bits per heavy atom. The van der Waals surface area contributed by atoms with Crippen molar-refractivity contribution < 1.29 is 18.9 Å². The normalized spacial score (nSPS) is 11.0. The first-order chi connectivity index (χ1) is 19.0. The smallest absolute Gasteiger partial charge is 0.292 e. The Labute approximate surface area is 226 Å². The predicted octanol–water partition coefficient (Wildman–Crippen LogP) is 3.90. The first-order valence-corrected chi connectivity index (χ1v) is 11.9. The van der Waals surface area contributed by atoms with E-state index in [9.17, 15) is 4.79 Å². The van der Waals surface area contributed by atoms with Crippen molar-refractivity contribution in [3.8, 4) is 28.6 Å². The number of halogens is 1. The van der Waals surface area contributed by atoms with Gasteiger partial charge in [0.1, 0.15) is 12.3 Å². The molecule has 0 aliphatic carbocycles. The van der Waals surface area contributed by atoms with Crippen LogP contribution in [0.5, 0.6) is 11.5 Å². The van der Waals surface area contributed by atoms with Crippen LogP contribution in [0.25, 0.3) is 17.1 Å². The fourth-order valence-electron chi connectivity index (χ4n) is 3.64. The Hall–Kier alpha value is -5.23. The summed E-state index contributed by atoms with van der Waals surface area (Å²) in [5.74, 6) is 0.370. The zero-order valence-corrected chi connectivity index (χ0v) is 21.2. The lowest BCUT2D eigenvalue weighted by Crippen LogP contribution is -2.22. The minimum Gasteiger partial charge on any atom is -0.493 e. The number of nitrogen functional groups attached to an aromatic ring is 1. The molecule has 2 aromatic heterocycles. The van der Waals surface area contributed by atoms with Crippen LogP contribution in [0.2, 0.25) is 5.02 Å². The van der Waals surface area contributed by atoms with E-state index in [-0.39, 0.29) is 23.9 Å². The van der Waals surface area contributed by atoms with Crippen LogP contribution in [0.1, 0.15) is 21.6 Å². The number of nitrogens with two attached hydrogens (primary N) is 1. The van der Waals surface area contributed by atoms with Gasteiger partial charge in [0, 0.05) is 16.1 Å². The largest absolute Gasteiger partial charge is 0.493 e. The molecule has 5 rings (SSSR count). The molecule has 0 aliphatic rings. The number of carbonyl (C=O) groups excluding carboxylic acids is 1. The summed E-state index contributed by atoms with van der Waals surface area (Å²) in [6, 6.07) is 21.7. The van der Waals surface area contributed by atoms with E-state index in [0.717, 1.165) is 10.2 Å². The van der Waals surface area contributed by atoms with Gasteiger partial charge >= 0.3 is 0 Å². The Bertz CT molecular complexity index is 1630. The number of hydrogen-bond acceptors (Lipinski definition) is 10. The first-order valence-electron chi connectivity index (χ1n) is 11.5. The molecular weight excluding hydrogens is 524 g/mol. The van der Waals surface area contributed by atoms with Gasteiger partial charge in [-0.2, -0.15) is 9.78 Å². The summed E-state index contributed by atoms with van der Waals surface area (Å²) in [7, 11) is 1.55. The Morgan fingerprint density at radius 3 is 2.64 bits per heavy atom. The van der Waals surface area contributed by atoms with Gasteiger partial charge < -0.3 is 15.2 Å². The highest BCUT2D eigenvalue weighted by Crippen LogP contribution is 2.29. The van der Waals surface area contributed by atoms with Crippen LogP contribution in [-0.4, -0.2) is 44.5 Å². The molecule has 0 bridgehead atoms. The third kappa shape index (κ3) is 5.55. The number of hydrogen-bond donors (Lipinski definition) is 2. The van der Waals surface area contributed by atoms with Gasteiger partial charge in [-0.25, -0.2) is 10.1 Å². The summed E-state index contributed by atoms with van der Waals surface area (Å²) in [4.78, 5) is 13.3. The number of nitrogens with one attached hydrogen (secondary N) is 1. The molecule has 39 heavy (non-hydrogen) atoms. The minimum atomic E-state index is -0.610. The molecule has 5 aromatic rings. The molecule has 0 atom stereocenters. The van der Waals surface area contributed by atoms with E-state index in [4.69, 9.17) is 26.8 Å². The van der Waals surface area contributed by atoms with Crippen LogP contribution in [0.15, 0.2) is 82.5 Å². The van der Waals surface area contributed by atoms with Crippen molar-refractivity contribution in [2.75, 3.05) is 12.8 Å². The molecule has 0 saturated heterocycles. The van der Waals surface area contributed by atoms with E-state index in [1.807, 2.05) is 36.4 Å². The Morgan fingerprint density at radius 1 is 1.10 bits per heavy atom. The average Bonchev–Trinajstić information content (AvgIpc) is 3.59. The SMILES string of the molecule is COc1ccc(/C=N/NC(=O)c2c(-c3ccccc3)nnn2-c2nonc2N)cc1OCc1ccccc1Cl. The predicted molar refractivity (Wildman–Crippen MR) is 143 cm³/mol. The molecule has 1 amide bonds. The van der Waals surface area contributed by atoms with Gasteiger partial charge in [-0.15, -0.1) is 5.10 Å². The number of anilines is 1. The van der Waals surface area contributed by atoms with Crippen LogP contribution in [-0.2, 0) is 6.61 Å². The van der Waals surface area contributed by atoms with Crippen LogP contribution < -0.4 is 20.6 Å². The van der Waals surface area contributed by atoms with Gasteiger partial charge in [0.2, 0.25) is 11.6 Å². The standard InChI is InChI=1S/C26H21ClN8O4/c1-37-20-12-11-16(13-21(20)38-15-18-9-5-6-10-19(18)27)14-29-31-26(36)23-22(17-7-3-2-4-8-17)30-34-35(23)25-24(28)32-39-33-25/h2-14H,15H2,1H3,(H2,28,32)(H,31,36)/b29-14+. The molecule has 196 valence electrons. The summed E-state index contributed by atoms with van der Waals surface area (Å²) in [5.41, 5.74) is 10.8. The maximum absolute atomic E-state index is 13.3. The fraction of sp³-hybridized carbons (Fsp3) is 0.0769. The number of amides is 1.